The molecule has 4 rings (SSSR count). The van der Waals surface area contributed by atoms with Crippen LogP contribution in [0.3, 0.4) is 0 Å². The molecule has 4 nitrogen and oxygen atoms in total. The van der Waals surface area contributed by atoms with Gasteiger partial charge in [-0.25, -0.2) is 4.90 Å². The smallest absolute Gasteiger partial charge is 0.282 e. The van der Waals surface area contributed by atoms with Crippen molar-refractivity contribution in [2.75, 3.05) is 11.9 Å². The first-order valence-corrected chi connectivity index (χ1v) is 10.5. The summed E-state index contributed by atoms with van der Waals surface area (Å²) in [7, 11) is 1.81. The molecule has 0 fully saturated rings. The summed E-state index contributed by atoms with van der Waals surface area (Å²) < 4.78 is 0. The average Bonchev–Trinajstić information content (AvgIpc) is 3.31. The van der Waals surface area contributed by atoms with Crippen molar-refractivity contribution in [3.8, 4) is 0 Å². The molecule has 29 heavy (non-hydrogen) atoms. The highest BCUT2D eigenvalue weighted by molar-refractivity contribution is 7.11. The second kappa shape index (κ2) is 8.03. The van der Waals surface area contributed by atoms with Crippen LogP contribution in [-0.4, -0.2) is 23.8 Å². The van der Waals surface area contributed by atoms with E-state index in [-0.39, 0.29) is 10.7 Å². The van der Waals surface area contributed by atoms with Crippen molar-refractivity contribution in [3.63, 3.8) is 0 Å². The quantitative estimate of drug-likeness (QED) is 0.491. The Morgan fingerprint density at radius 3 is 2.41 bits per heavy atom. The fraction of sp³-hybridized carbons (Fsp3) is 0.0909. The van der Waals surface area contributed by atoms with Gasteiger partial charge in [0.15, 0.2) is 0 Å². The van der Waals surface area contributed by atoms with Crippen LogP contribution in [0.1, 0.15) is 10.4 Å². The monoisotopic (exact) mass is 442 g/mol. The number of anilines is 1. The number of likely N-dealkylation sites (N-methyl/N-ethyl adjacent to an activating group) is 1. The predicted octanol–water partition coefficient (Wildman–Crippen LogP) is 5.47. The highest BCUT2D eigenvalue weighted by atomic mass is 35.5. The molecule has 1 aliphatic rings. The molecule has 0 N–H and O–H groups in total. The lowest BCUT2D eigenvalue weighted by Crippen LogP contribution is -2.34. The fourth-order valence-electron chi connectivity index (χ4n) is 3.33. The number of benzene rings is 2. The number of imide groups is 1. The minimum absolute atomic E-state index is 0.284. The van der Waals surface area contributed by atoms with Crippen LogP contribution >= 0.6 is 34.5 Å². The summed E-state index contributed by atoms with van der Waals surface area (Å²) in [5.41, 5.74) is 2.04. The molecular weight excluding hydrogens is 427 g/mol. The van der Waals surface area contributed by atoms with Gasteiger partial charge in [0.25, 0.3) is 11.8 Å². The summed E-state index contributed by atoms with van der Waals surface area (Å²) in [6.45, 7) is 0.487. The second-order valence-electron chi connectivity index (χ2n) is 6.58. The Morgan fingerprint density at radius 2 is 1.72 bits per heavy atom. The van der Waals surface area contributed by atoms with Gasteiger partial charge in [-0.1, -0.05) is 59.6 Å². The number of hydrogen-bond donors (Lipinski definition) is 0. The Labute approximate surface area is 182 Å². The molecule has 0 atom stereocenters. The molecule has 3 aromatic rings. The zero-order valence-electron chi connectivity index (χ0n) is 15.4. The van der Waals surface area contributed by atoms with Crippen molar-refractivity contribution in [3.05, 3.63) is 92.2 Å². The van der Waals surface area contributed by atoms with Crippen molar-refractivity contribution >= 4 is 57.6 Å². The summed E-state index contributed by atoms with van der Waals surface area (Å²) in [6, 6.07) is 18.2. The normalized spacial score (nSPS) is 14.1. The zero-order chi connectivity index (χ0) is 20.5. The van der Waals surface area contributed by atoms with Gasteiger partial charge in [-0.3, -0.25) is 9.59 Å². The first kappa shape index (κ1) is 19.7. The lowest BCUT2D eigenvalue weighted by atomic mass is 10.1. The van der Waals surface area contributed by atoms with Crippen LogP contribution in [-0.2, 0) is 16.1 Å². The van der Waals surface area contributed by atoms with E-state index in [0.29, 0.717) is 22.8 Å². The van der Waals surface area contributed by atoms with Gasteiger partial charge in [0.05, 0.1) is 16.3 Å². The Hall–Kier alpha value is -2.60. The molecule has 0 saturated carbocycles. The molecular formula is C22H16Cl2N2O2S. The average molecular weight is 443 g/mol. The number of nitrogens with zero attached hydrogens (tertiary/aromatic N) is 2. The van der Waals surface area contributed by atoms with Gasteiger partial charge in [-0.05, 0) is 35.2 Å². The van der Waals surface area contributed by atoms with Gasteiger partial charge in [-0.15, -0.1) is 11.3 Å². The predicted molar refractivity (Wildman–Crippen MR) is 118 cm³/mol. The number of hydrogen-bond acceptors (Lipinski definition) is 4. The molecule has 0 saturated heterocycles. The highest BCUT2D eigenvalue weighted by Gasteiger charge is 2.42. The summed E-state index contributed by atoms with van der Waals surface area (Å²) in [5.74, 6) is -0.822. The molecule has 0 unspecified atom stereocenters. The van der Waals surface area contributed by atoms with Crippen LogP contribution < -0.4 is 4.90 Å². The van der Waals surface area contributed by atoms with E-state index in [0.717, 1.165) is 15.3 Å². The van der Waals surface area contributed by atoms with E-state index in [1.165, 1.54) is 17.4 Å². The lowest BCUT2D eigenvalue weighted by molar-refractivity contribution is -0.120. The van der Waals surface area contributed by atoms with Crippen LogP contribution in [0.2, 0.25) is 10.0 Å². The zero-order valence-corrected chi connectivity index (χ0v) is 17.8. The first-order chi connectivity index (χ1) is 14.0. The molecule has 2 aromatic carbocycles. The van der Waals surface area contributed by atoms with E-state index in [1.807, 2.05) is 59.8 Å². The number of thiophene rings is 1. The van der Waals surface area contributed by atoms with Crippen LogP contribution in [0.4, 0.5) is 5.69 Å². The van der Waals surface area contributed by atoms with Crippen LogP contribution in [0.5, 0.6) is 0 Å². The van der Waals surface area contributed by atoms with Crippen LogP contribution in [0, 0.1) is 0 Å². The van der Waals surface area contributed by atoms with Crippen molar-refractivity contribution in [1.29, 1.82) is 0 Å². The third-order valence-corrected chi connectivity index (χ3v) is 6.06. The van der Waals surface area contributed by atoms with Gasteiger partial charge in [0, 0.05) is 23.5 Å². The van der Waals surface area contributed by atoms with Gasteiger partial charge in [-0.2, -0.15) is 0 Å². The number of rotatable bonds is 5. The van der Waals surface area contributed by atoms with Crippen molar-refractivity contribution in [2.45, 2.75) is 6.54 Å². The third kappa shape index (κ3) is 3.69. The van der Waals surface area contributed by atoms with Crippen LogP contribution in [0.15, 0.2) is 71.7 Å². The molecule has 0 aliphatic carbocycles. The molecule has 0 bridgehead atoms. The minimum atomic E-state index is -0.416. The lowest BCUT2D eigenvalue weighted by Gasteiger charge is -2.22. The minimum Gasteiger partial charge on any atom is -0.365 e. The Morgan fingerprint density at radius 1 is 0.966 bits per heavy atom. The van der Waals surface area contributed by atoms with Crippen molar-refractivity contribution in [2.24, 2.45) is 0 Å². The molecule has 1 aromatic heterocycles. The summed E-state index contributed by atoms with van der Waals surface area (Å²) >= 11 is 13.8. The number of carbonyl (C=O) groups is 2. The number of halogens is 2. The topological polar surface area (TPSA) is 40.6 Å². The van der Waals surface area contributed by atoms with E-state index >= 15 is 0 Å². The number of amides is 2. The van der Waals surface area contributed by atoms with Gasteiger partial charge < -0.3 is 4.90 Å². The molecule has 0 radical (unpaired) electrons. The summed E-state index contributed by atoms with van der Waals surface area (Å²) in [6.07, 6.45) is 0. The molecule has 0 spiro atoms. The SMILES string of the molecule is CN(Cc1ccccc1)C1=C(c2cccs2)C(=O)N(c2cc(Cl)ccc2Cl)C1=O. The Kier molecular flexibility index (Phi) is 5.46. The summed E-state index contributed by atoms with van der Waals surface area (Å²) in [5, 5.41) is 2.56. The first-order valence-electron chi connectivity index (χ1n) is 8.84. The fourth-order valence-corrected chi connectivity index (χ4v) is 4.46. The van der Waals surface area contributed by atoms with E-state index < -0.39 is 11.8 Å². The second-order valence-corrected chi connectivity index (χ2v) is 8.38. The molecule has 2 heterocycles. The Bertz CT molecular complexity index is 1110. The maximum Gasteiger partial charge on any atom is 0.282 e. The largest absolute Gasteiger partial charge is 0.365 e. The third-order valence-electron chi connectivity index (χ3n) is 4.62. The number of carbonyl (C=O) groups excluding carboxylic acids is 2. The Balaban J connectivity index is 1.80. The molecule has 7 heteroatoms. The molecule has 146 valence electrons. The van der Waals surface area contributed by atoms with Crippen molar-refractivity contribution in [1.82, 2.24) is 4.90 Å². The van der Waals surface area contributed by atoms with Gasteiger partial charge in [0.1, 0.15) is 5.70 Å². The maximum absolute atomic E-state index is 13.4. The maximum atomic E-state index is 13.4. The van der Waals surface area contributed by atoms with E-state index in [2.05, 4.69) is 0 Å². The van der Waals surface area contributed by atoms with Crippen molar-refractivity contribution < 1.29 is 9.59 Å². The van der Waals surface area contributed by atoms with Gasteiger partial charge >= 0.3 is 0 Å². The molecule has 2 amide bonds. The standard InChI is InChI=1S/C22H16Cl2N2O2S/c1-25(13-14-6-3-2-4-7-14)20-19(18-8-5-11-29-18)21(27)26(22(20)28)17-12-15(23)9-10-16(17)24/h2-12H,13H2,1H3. The van der Waals surface area contributed by atoms with E-state index in [9.17, 15) is 9.59 Å². The van der Waals surface area contributed by atoms with Crippen LogP contribution in [0.25, 0.3) is 5.57 Å². The molecule has 1 aliphatic heterocycles. The summed E-state index contributed by atoms with van der Waals surface area (Å²) in [4.78, 5) is 30.5. The highest BCUT2D eigenvalue weighted by Crippen LogP contribution is 2.39. The van der Waals surface area contributed by atoms with Gasteiger partial charge in [0.2, 0.25) is 0 Å². The van der Waals surface area contributed by atoms with E-state index in [1.54, 1.807) is 12.1 Å². The van der Waals surface area contributed by atoms with E-state index in [4.69, 9.17) is 23.2 Å².